The zero-order valence-electron chi connectivity index (χ0n) is 10.1. The second kappa shape index (κ2) is 6.23. The summed E-state index contributed by atoms with van der Waals surface area (Å²) in [6.45, 7) is 0. The zero-order valence-corrected chi connectivity index (χ0v) is 13.1. The number of amides is 1. The summed E-state index contributed by atoms with van der Waals surface area (Å²) in [6, 6.07) is 4.51. The number of halogens is 2. The third-order valence-corrected chi connectivity index (χ3v) is 5.31. The van der Waals surface area contributed by atoms with Gasteiger partial charge in [-0.1, -0.05) is 6.42 Å². The molecular formula is C13H15FINOS. The van der Waals surface area contributed by atoms with Crippen molar-refractivity contribution in [3.63, 3.8) is 0 Å². The van der Waals surface area contributed by atoms with Crippen LogP contribution in [-0.4, -0.2) is 23.5 Å². The molecule has 0 heterocycles. The first-order chi connectivity index (χ1) is 8.61. The lowest BCUT2D eigenvalue weighted by Gasteiger charge is -2.19. The van der Waals surface area contributed by atoms with Crippen LogP contribution in [0.15, 0.2) is 18.2 Å². The van der Waals surface area contributed by atoms with E-state index in [0.29, 0.717) is 14.4 Å². The highest BCUT2D eigenvalue weighted by molar-refractivity contribution is 14.1. The first kappa shape index (κ1) is 14.1. The number of hydrogen-bond donors (Lipinski definition) is 1. The fourth-order valence-electron chi connectivity index (χ4n) is 2.29. The van der Waals surface area contributed by atoms with E-state index in [1.165, 1.54) is 12.1 Å². The van der Waals surface area contributed by atoms with E-state index in [4.69, 9.17) is 0 Å². The largest absolute Gasteiger partial charge is 0.348 e. The van der Waals surface area contributed by atoms with Gasteiger partial charge in [0.2, 0.25) is 0 Å². The molecule has 0 saturated heterocycles. The summed E-state index contributed by atoms with van der Waals surface area (Å²) in [5.74, 6) is -0.399. The summed E-state index contributed by atoms with van der Waals surface area (Å²) < 4.78 is 13.6. The fraction of sp³-hybridized carbons (Fsp3) is 0.462. The molecule has 2 unspecified atom stereocenters. The number of hydrogen-bond acceptors (Lipinski definition) is 2. The topological polar surface area (TPSA) is 29.1 Å². The predicted molar refractivity (Wildman–Crippen MR) is 81.5 cm³/mol. The number of carbonyl (C=O) groups excluding carboxylic acids is 1. The third-order valence-electron chi connectivity index (χ3n) is 3.25. The van der Waals surface area contributed by atoms with E-state index in [-0.39, 0.29) is 17.8 Å². The number of thioether (sulfide) groups is 1. The molecule has 0 aliphatic heterocycles. The standard InChI is InChI=1S/C13H15FINOS/c1-18-12-4-2-3-11(12)16-13(17)9-6-5-8(14)7-10(9)15/h5-7,11-12H,2-4H2,1H3,(H,16,17). The molecule has 1 aromatic rings. The minimum absolute atomic E-state index is 0.0923. The van der Waals surface area contributed by atoms with E-state index >= 15 is 0 Å². The van der Waals surface area contributed by atoms with Crippen molar-refractivity contribution in [3.8, 4) is 0 Å². The van der Waals surface area contributed by atoms with Gasteiger partial charge in [0.1, 0.15) is 5.82 Å². The Labute approximate surface area is 124 Å². The van der Waals surface area contributed by atoms with Gasteiger partial charge in [-0.15, -0.1) is 0 Å². The lowest BCUT2D eigenvalue weighted by Crippen LogP contribution is -2.38. The van der Waals surface area contributed by atoms with Crippen LogP contribution >= 0.6 is 34.4 Å². The minimum atomic E-state index is -0.307. The maximum atomic E-state index is 13.0. The normalized spacial score (nSPS) is 23.1. The van der Waals surface area contributed by atoms with Crippen molar-refractivity contribution < 1.29 is 9.18 Å². The molecule has 1 saturated carbocycles. The number of carbonyl (C=O) groups is 1. The molecule has 98 valence electrons. The molecule has 2 rings (SSSR count). The summed E-state index contributed by atoms with van der Waals surface area (Å²) in [4.78, 5) is 12.1. The molecule has 0 aromatic heterocycles. The second-order valence-corrected chi connectivity index (χ2v) is 6.65. The van der Waals surface area contributed by atoms with Gasteiger partial charge in [0.05, 0.1) is 5.56 Å². The highest BCUT2D eigenvalue weighted by Gasteiger charge is 2.28. The number of rotatable bonds is 3. The Morgan fingerprint density at radius 2 is 2.28 bits per heavy atom. The van der Waals surface area contributed by atoms with Crippen LogP contribution in [0.3, 0.4) is 0 Å². The van der Waals surface area contributed by atoms with Gasteiger partial charge in [0, 0.05) is 14.9 Å². The molecule has 1 aromatic carbocycles. The van der Waals surface area contributed by atoms with E-state index < -0.39 is 0 Å². The summed E-state index contributed by atoms with van der Waals surface area (Å²) >= 11 is 3.80. The summed E-state index contributed by atoms with van der Waals surface area (Å²) in [5.41, 5.74) is 0.559. The molecule has 0 radical (unpaired) electrons. The van der Waals surface area contributed by atoms with Crippen LogP contribution in [0.25, 0.3) is 0 Å². The highest BCUT2D eigenvalue weighted by atomic mass is 127. The predicted octanol–water partition coefficient (Wildman–Crippen LogP) is 3.44. The van der Waals surface area contributed by atoms with Crippen LogP contribution in [-0.2, 0) is 0 Å². The first-order valence-corrected chi connectivity index (χ1v) is 8.27. The number of nitrogens with one attached hydrogen (secondary N) is 1. The van der Waals surface area contributed by atoms with Crippen molar-refractivity contribution in [2.75, 3.05) is 6.26 Å². The van der Waals surface area contributed by atoms with Crippen LogP contribution in [0, 0.1) is 9.39 Å². The smallest absolute Gasteiger partial charge is 0.252 e. The Hall–Kier alpha value is -0.300. The minimum Gasteiger partial charge on any atom is -0.348 e. The van der Waals surface area contributed by atoms with Gasteiger partial charge in [0.25, 0.3) is 5.91 Å². The van der Waals surface area contributed by atoms with Crippen LogP contribution in [0.2, 0.25) is 0 Å². The molecule has 2 atom stereocenters. The Morgan fingerprint density at radius 3 is 2.94 bits per heavy atom. The van der Waals surface area contributed by atoms with Gasteiger partial charge in [-0.25, -0.2) is 4.39 Å². The fourth-order valence-corrected chi connectivity index (χ4v) is 3.95. The van der Waals surface area contributed by atoms with Crippen LogP contribution in [0.4, 0.5) is 4.39 Å². The highest BCUT2D eigenvalue weighted by Crippen LogP contribution is 2.28. The molecule has 1 N–H and O–H groups in total. The van der Waals surface area contributed by atoms with Crippen molar-refractivity contribution in [2.45, 2.75) is 30.6 Å². The monoisotopic (exact) mass is 379 g/mol. The van der Waals surface area contributed by atoms with Crippen molar-refractivity contribution in [1.29, 1.82) is 0 Å². The third kappa shape index (κ3) is 3.17. The van der Waals surface area contributed by atoms with E-state index in [0.717, 1.165) is 19.3 Å². The SMILES string of the molecule is CSC1CCCC1NC(=O)c1ccc(F)cc1I. The number of benzene rings is 1. The molecule has 1 aliphatic rings. The van der Waals surface area contributed by atoms with E-state index in [2.05, 4.69) is 11.6 Å². The van der Waals surface area contributed by atoms with Crippen LogP contribution in [0.5, 0.6) is 0 Å². The molecule has 0 bridgehead atoms. The lowest BCUT2D eigenvalue weighted by molar-refractivity contribution is 0.0938. The molecular weight excluding hydrogens is 364 g/mol. The summed E-state index contributed by atoms with van der Waals surface area (Å²) in [6.07, 6.45) is 5.44. The Kier molecular flexibility index (Phi) is 4.89. The van der Waals surface area contributed by atoms with E-state index in [1.54, 1.807) is 6.07 Å². The van der Waals surface area contributed by atoms with E-state index in [1.807, 2.05) is 34.4 Å². The maximum absolute atomic E-state index is 13.0. The lowest BCUT2D eigenvalue weighted by atomic mass is 10.2. The van der Waals surface area contributed by atoms with Crippen molar-refractivity contribution in [2.24, 2.45) is 0 Å². The molecule has 18 heavy (non-hydrogen) atoms. The van der Waals surface area contributed by atoms with Gasteiger partial charge >= 0.3 is 0 Å². The summed E-state index contributed by atoms with van der Waals surface area (Å²) in [5, 5.41) is 3.58. The summed E-state index contributed by atoms with van der Waals surface area (Å²) in [7, 11) is 0. The molecule has 0 spiro atoms. The van der Waals surface area contributed by atoms with Crippen molar-refractivity contribution in [1.82, 2.24) is 5.32 Å². The van der Waals surface area contributed by atoms with Gasteiger partial charge < -0.3 is 5.32 Å². The zero-order chi connectivity index (χ0) is 13.1. The molecule has 1 fully saturated rings. The molecule has 5 heteroatoms. The maximum Gasteiger partial charge on any atom is 0.252 e. The second-order valence-electron chi connectivity index (χ2n) is 4.41. The van der Waals surface area contributed by atoms with Crippen LogP contribution < -0.4 is 5.32 Å². The molecule has 1 amide bonds. The average molecular weight is 379 g/mol. The first-order valence-electron chi connectivity index (χ1n) is 5.90. The van der Waals surface area contributed by atoms with Gasteiger partial charge in [0.15, 0.2) is 0 Å². The molecule has 1 aliphatic carbocycles. The van der Waals surface area contributed by atoms with Crippen LogP contribution in [0.1, 0.15) is 29.6 Å². The van der Waals surface area contributed by atoms with Gasteiger partial charge in [-0.05, 0) is 59.9 Å². The Bertz CT molecular complexity index is 455. The van der Waals surface area contributed by atoms with Crippen molar-refractivity contribution >= 4 is 40.3 Å². The van der Waals surface area contributed by atoms with Crippen molar-refractivity contribution in [3.05, 3.63) is 33.1 Å². The van der Waals surface area contributed by atoms with Gasteiger partial charge in [-0.2, -0.15) is 11.8 Å². The molecule has 2 nitrogen and oxygen atoms in total. The average Bonchev–Trinajstić information content (AvgIpc) is 2.76. The quantitative estimate of drug-likeness (QED) is 0.816. The van der Waals surface area contributed by atoms with E-state index in [9.17, 15) is 9.18 Å². The van der Waals surface area contributed by atoms with Gasteiger partial charge in [-0.3, -0.25) is 4.79 Å². The Morgan fingerprint density at radius 1 is 1.50 bits per heavy atom. The Balaban J connectivity index is 2.07.